The second kappa shape index (κ2) is 7.97. The van der Waals surface area contributed by atoms with E-state index in [-0.39, 0.29) is 0 Å². The van der Waals surface area contributed by atoms with Gasteiger partial charge in [0.2, 0.25) is 0 Å². The summed E-state index contributed by atoms with van der Waals surface area (Å²) in [5.74, 6) is 0. The molecule has 122 valence electrons. The molecule has 0 spiro atoms. The van der Waals surface area contributed by atoms with Gasteiger partial charge in [0.25, 0.3) is 18.6 Å². The van der Waals surface area contributed by atoms with Crippen LogP contribution in [0.5, 0.6) is 0 Å². The molecule has 0 aromatic heterocycles. The van der Waals surface area contributed by atoms with E-state index in [0.717, 1.165) is 6.04 Å². The average molecular weight is 371 g/mol. The van der Waals surface area contributed by atoms with Crippen molar-refractivity contribution in [3.63, 3.8) is 0 Å². The zero-order chi connectivity index (χ0) is 16.2. The molecule has 0 heterocycles. The van der Waals surface area contributed by atoms with Crippen molar-refractivity contribution in [1.29, 1.82) is 0 Å². The lowest BCUT2D eigenvalue weighted by Gasteiger charge is -2.34. The fourth-order valence-corrected chi connectivity index (χ4v) is 18.5. The first-order chi connectivity index (χ1) is 8.76. The van der Waals surface area contributed by atoms with E-state index in [4.69, 9.17) is 16.5 Å². The summed E-state index contributed by atoms with van der Waals surface area (Å²) in [6.45, 7) is 21.7. The molecule has 0 aromatic carbocycles. The Hall–Kier alpha value is 0.924. The summed E-state index contributed by atoms with van der Waals surface area (Å²) in [6, 6.07) is 1.13. The minimum absolute atomic E-state index is 1.13. The van der Waals surface area contributed by atoms with Crippen molar-refractivity contribution in [2.24, 2.45) is 0 Å². The van der Waals surface area contributed by atoms with E-state index in [1.807, 2.05) is 0 Å². The fraction of sp³-hybridized carbons (Fsp3) is 1.00. The summed E-state index contributed by atoms with van der Waals surface area (Å²) in [4.78, 5) is 0. The maximum Gasteiger partial charge on any atom is 0.313 e. The van der Waals surface area contributed by atoms with Crippen LogP contribution in [0.15, 0.2) is 0 Å². The lowest BCUT2D eigenvalue weighted by Crippen LogP contribution is -2.49. The van der Waals surface area contributed by atoms with E-state index in [9.17, 15) is 0 Å². The fourth-order valence-electron chi connectivity index (χ4n) is 1.91. The van der Waals surface area contributed by atoms with Crippen LogP contribution in [-0.4, -0.2) is 43.8 Å². The first-order valence-corrected chi connectivity index (χ1v) is 21.0. The lowest BCUT2D eigenvalue weighted by atomic mass is 11.0. The monoisotopic (exact) mass is 370 g/mol. The Bertz CT molecular complexity index is 293. The predicted octanol–water partition coefficient (Wildman–Crippen LogP) is 3.52. The topological polar surface area (TPSA) is 36.9 Å². The van der Waals surface area contributed by atoms with Crippen LogP contribution < -0.4 is 0 Å². The van der Waals surface area contributed by atoms with Crippen LogP contribution in [0.2, 0.25) is 65.0 Å². The molecule has 9 heteroatoms. The van der Waals surface area contributed by atoms with Crippen LogP contribution in [0.1, 0.15) is 6.92 Å². The van der Waals surface area contributed by atoms with Gasteiger partial charge in [-0.1, -0.05) is 6.92 Å². The average Bonchev–Trinajstić information content (AvgIpc) is 2.10. The number of hydrogen-bond donors (Lipinski definition) is 0. The Balaban J connectivity index is 4.37. The van der Waals surface area contributed by atoms with Crippen molar-refractivity contribution >= 4 is 43.8 Å². The third-order valence-corrected chi connectivity index (χ3v) is 19.7. The highest BCUT2D eigenvalue weighted by atomic mass is 28.5. The molecule has 0 aromatic rings. The van der Waals surface area contributed by atoms with Gasteiger partial charge in [-0.25, -0.2) is 0 Å². The summed E-state index contributed by atoms with van der Waals surface area (Å²) in [5, 5.41) is 0. The van der Waals surface area contributed by atoms with Crippen LogP contribution in [0.3, 0.4) is 0 Å². The van der Waals surface area contributed by atoms with Crippen LogP contribution in [-0.2, 0) is 16.5 Å². The first kappa shape index (κ1) is 20.9. The minimum atomic E-state index is -2.12. The molecule has 0 N–H and O–H groups in total. The van der Waals surface area contributed by atoms with E-state index in [1.165, 1.54) is 0 Å². The van der Waals surface area contributed by atoms with Crippen LogP contribution in [0.4, 0.5) is 0 Å². The van der Waals surface area contributed by atoms with E-state index in [0.29, 0.717) is 0 Å². The van der Waals surface area contributed by atoms with Crippen molar-refractivity contribution in [1.82, 2.24) is 0 Å². The molecule has 20 heavy (non-hydrogen) atoms. The molecule has 0 radical (unpaired) electrons. The summed E-state index contributed by atoms with van der Waals surface area (Å²) in [7, 11) is -8.37. The molecule has 0 fully saturated rings. The van der Waals surface area contributed by atoms with Crippen LogP contribution in [0.25, 0.3) is 0 Å². The molecular weight excluding hydrogens is 337 g/mol. The molecule has 0 aliphatic heterocycles. The van der Waals surface area contributed by atoms with Crippen molar-refractivity contribution in [2.75, 3.05) is 0 Å². The number of rotatable bonds is 9. The van der Waals surface area contributed by atoms with Gasteiger partial charge < -0.3 is 16.5 Å². The standard InChI is InChI=1S/C11H34O4Si5/c1-11-19(7,8)13-17(3)15-20(9,10)14-16(2)12-18(4,5)6/h16-17H,11H2,1-10H3. The van der Waals surface area contributed by atoms with Crippen molar-refractivity contribution in [2.45, 2.75) is 71.9 Å². The summed E-state index contributed by atoms with van der Waals surface area (Å²) < 4.78 is 24.6. The highest BCUT2D eigenvalue weighted by Crippen LogP contribution is 2.17. The molecule has 0 amide bonds. The second-order valence-electron chi connectivity index (χ2n) is 7.23. The molecule has 0 rings (SSSR count). The predicted molar refractivity (Wildman–Crippen MR) is 99.2 cm³/mol. The van der Waals surface area contributed by atoms with Gasteiger partial charge in [-0.3, -0.25) is 0 Å². The van der Waals surface area contributed by atoms with E-state index < -0.39 is 43.8 Å². The highest BCUT2D eigenvalue weighted by molar-refractivity contribution is 6.83. The zero-order valence-corrected chi connectivity index (χ0v) is 20.3. The van der Waals surface area contributed by atoms with Crippen LogP contribution in [0, 0.1) is 0 Å². The Labute approximate surface area is 132 Å². The van der Waals surface area contributed by atoms with E-state index >= 15 is 0 Å². The van der Waals surface area contributed by atoms with Gasteiger partial charge in [0.1, 0.15) is 0 Å². The molecule has 0 aliphatic rings. The maximum atomic E-state index is 6.20. The third-order valence-electron chi connectivity index (χ3n) is 2.76. The maximum absolute atomic E-state index is 6.20. The lowest BCUT2D eigenvalue weighted by molar-refractivity contribution is 0.327. The SMILES string of the molecule is CC[Si](C)(C)O[SiH](C)O[Si](C)(C)O[SiH](C)O[Si](C)(C)C. The molecule has 4 nitrogen and oxygen atoms in total. The van der Waals surface area contributed by atoms with Crippen molar-refractivity contribution < 1.29 is 16.5 Å². The smallest absolute Gasteiger partial charge is 0.313 e. The van der Waals surface area contributed by atoms with E-state index in [2.05, 4.69) is 65.8 Å². The largest absolute Gasteiger partial charge is 0.439 e. The summed E-state index contributed by atoms with van der Waals surface area (Å²) >= 11 is 0. The second-order valence-corrected chi connectivity index (χ2v) is 24.5. The Morgan fingerprint density at radius 1 is 0.700 bits per heavy atom. The molecule has 0 saturated heterocycles. The molecule has 0 saturated carbocycles. The normalized spacial score (nSPS) is 17.1. The molecule has 2 unspecified atom stereocenters. The van der Waals surface area contributed by atoms with Crippen molar-refractivity contribution in [3.05, 3.63) is 0 Å². The van der Waals surface area contributed by atoms with Gasteiger partial charge >= 0.3 is 8.56 Å². The quantitative estimate of drug-likeness (QED) is 0.582. The third kappa shape index (κ3) is 10.6. The van der Waals surface area contributed by atoms with Gasteiger partial charge in [0.05, 0.1) is 0 Å². The molecular formula is C11H34O4Si5. The van der Waals surface area contributed by atoms with Gasteiger partial charge in [0, 0.05) is 0 Å². The van der Waals surface area contributed by atoms with Crippen molar-refractivity contribution in [3.8, 4) is 0 Å². The zero-order valence-electron chi connectivity index (χ0n) is 15.0. The van der Waals surface area contributed by atoms with Crippen LogP contribution >= 0.6 is 0 Å². The Morgan fingerprint density at radius 2 is 1.10 bits per heavy atom. The van der Waals surface area contributed by atoms with Gasteiger partial charge in [-0.05, 0) is 65.0 Å². The highest BCUT2D eigenvalue weighted by Gasteiger charge is 2.34. The summed E-state index contributed by atoms with van der Waals surface area (Å²) in [6.07, 6.45) is 0. The summed E-state index contributed by atoms with van der Waals surface area (Å²) in [5.41, 5.74) is 0. The van der Waals surface area contributed by atoms with Gasteiger partial charge in [-0.15, -0.1) is 0 Å². The van der Waals surface area contributed by atoms with Gasteiger partial charge in [0.15, 0.2) is 16.6 Å². The minimum Gasteiger partial charge on any atom is -0.439 e. The number of hydrogen-bond acceptors (Lipinski definition) is 4. The Morgan fingerprint density at radius 3 is 1.45 bits per heavy atom. The van der Waals surface area contributed by atoms with Gasteiger partial charge in [-0.2, -0.15) is 0 Å². The van der Waals surface area contributed by atoms with E-state index in [1.54, 1.807) is 0 Å². The Kier molecular flexibility index (Phi) is 8.34. The molecule has 0 aliphatic carbocycles. The molecule has 2 atom stereocenters. The first-order valence-electron chi connectivity index (χ1n) is 7.47. The molecule has 0 bridgehead atoms.